The summed E-state index contributed by atoms with van der Waals surface area (Å²) in [6.45, 7) is 2.00. The summed E-state index contributed by atoms with van der Waals surface area (Å²) >= 11 is 0. The minimum atomic E-state index is -0.513. The van der Waals surface area contributed by atoms with Crippen molar-refractivity contribution in [1.82, 2.24) is 15.3 Å². The Morgan fingerprint density at radius 2 is 1.95 bits per heavy atom. The first-order chi connectivity index (χ1) is 18.4. The predicted octanol–water partition coefficient (Wildman–Crippen LogP) is 6.03. The van der Waals surface area contributed by atoms with Crippen LogP contribution in [0.5, 0.6) is 11.5 Å². The van der Waals surface area contributed by atoms with Crippen LogP contribution in [0.25, 0.3) is 22.0 Å². The molecule has 2 heterocycles. The van der Waals surface area contributed by atoms with Gasteiger partial charge in [-0.1, -0.05) is 24.3 Å². The average molecular weight is 510 g/mol. The van der Waals surface area contributed by atoms with Crippen molar-refractivity contribution >= 4 is 16.8 Å². The Labute approximate surface area is 220 Å². The molecule has 0 bridgehead atoms. The molecule has 5 aromatic rings. The number of halogens is 1. The molecule has 3 N–H and O–H groups in total. The van der Waals surface area contributed by atoms with Crippen LogP contribution in [0.4, 0.5) is 4.39 Å². The summed E-state index contributed by atoms with van der Waals surface area (Å²) in [5.74, 6) is 0.346. The van der Waals surface area contributed by atoms with Crippen molar-refractivity contribution in [1.29, 1.82) is 0 Å². The molecule has 0 aliphatic heterocycles. The second kappa shape index (κ2) is 10.8. The smallest absolute Gasteiger partial charge is 0.225 e. The van der Waals surface area contributed by atoms with E-state index in [-0.39, 0.29) is 23.9 Å². The maximum absolute atomic E-state index is 14.0. The third-order valence-electron chi connectivity index (χ3n) is 6.66. The van der Waals surface area contributed by atoms with E-state index in [4.69, 9.17) is 9.72 Å². The third kappa shape index (κ3) is 5.37. The number of aromatic nitrogens is 2. The van der Waals surface area contributed by atoms with E-state index in [0.717, 1.165) is 44.5 Å². The van der Waals surface area contributed by atoms with E-state index in [1.165, 1.54) is 12.1 Å². The molecule has 0 saturated carbocycles. The minimum Gasteiger partial charge on any atom is -0.508 e. The lowest BCUT2D eigenvalue weighted by molar-refractivity contribution is -0.121. The highest BCUT2D eigenvalue weighted by molar-refractivity contribution is 5.90. The van der Waals surface area contributed by atoms with Gasteiger partial charge in [0.15, 0.2) is 0 Å². The van der Waals surface area contributed by atoms with Crippen LogP contribution in [0.3, 0.4) is 0 Å². The number of benzene rings is 3. The number of aryl methyl sites for hydroxylation is 1. The Bertz CT molecular complexity index is 1610. The molecule has 0 aliphatic carbocycles. The van der Waals surface area contributed by atoms with Crippen molar-refractivity contribution < 1.29 is 19.0 Å². The van der Waals surface area contributed by atoms with E-state index in [9.17, 15) is 14.3 Å². The molecule has 5 rings (SSSR count). The number of ether oxygens (including phenoxy) is 1. The molecule has 38 heavy (non-hydrogen) atoms. The number of aromatic hydroxyl groups is 1. The highest BCUT2D eigenvalue weighted by Gasteiger charge is 2.22. The van der Waals surface area contributed by atoms with Crippen molar-refractivity contribution in [3.05, 3.63) is 113 Å². The second-order valence-electron chi connectivity index (χ2n) is 9.29. The molecule has 0 fully saturated rings. The molecule has 192 valence electrons. The predicted molar refractivity (Wildman–Crippen MR) is 146 cm³/mol. The normalized spacial score (nSPS) is 11.9. The SMILES string of the molecule is COc1ccc(-c2cccnc2C(Cc2cccc(F)c2)NC(=O)Cc2c[nH]c3ccc(O)cc23)c(C)c1. The summed E-state index contributed by atoms with van der Waals surface area (Å²) in [5.41, 5.74) is 5.90. The molecule has 7 heteroatoms. The monoisotopic (exact) mass is 509 g/mol. The summed E-state index contributed by atoms with van der Waals surface area (Å²) in [7, 11) is 1.63. The van der Waals surface area contributed by atoms with E-state index < -0.39 is 6.04 Å². The number of nitrogens with one attached hydrogen (secondary N) is 2. The van der Waals surface area contributed by atoms with Gasteiger partial charge in [-0.3, -0.25) is 9.78 Å². The highest BCUT2D eigenvalue weighted by atomic mass is 19.1. The summed E-state index contributed by atoms with van der Waals surface area (Å²) in [5, 5.41) is 13.9. The zero-order chi connectivity index (χ0) is 26.6. The first-order valence-electron chi connectivity index (χ1n) is 12.3. The van der Waals surface area contributed by atoms with Crippen molar-refractivity contribution in [3.8, 4) is 22.6 Å². The third-order valence-corrected chi connectivity index (χ3v) is 6.66. The number of nitrogens with zero attached hydrogens (tertiary/aromatic N) is 1. The van der Waals surface area contributed by atoms with Crippen LogP contribution in [-0.4, -0.2) is 28.1 Å². The largest absolute Gasteiger partial charge is 0.508 e. The number of hydrogen-bond acceptors (Lipinski definition) is 4. The number of amides is 1. The fraction of sp³-hybridized carbons (Fsp3) is 0.161. The Kier molecular flexibility index (Phi) is 7.09. The van der Waals surface area contributed by atoms with Crippen LogP contribution >= 0.6 is 0 Å². The summed E-state index contributed by atoms with van der Waals surface area (Å²) in [4.78, 5) is 21.2. The Balaban J connectivity index is 1.50. The minimum absolute atomic E-state index is 0.104. The van der Waals surface area contributed by atoms with Gasteiger partial charge >= 0.3 is 0 Å². The first kappa shape index (κ1) is 25.0. The highest BCUT2D eigenvalue weighted by Crippen LogP contribution is 2.33. The molecule has 1 amide bonds. The van der Waals surface area contributed by atoms with E-state index >= 15 is 0 Å². The lowest BCUT2D eigenvalue weighted by atomic mass is 9.93. The van der Waals surface area contributed by atoms with Crippen LogP contribution in [-0.2, 0) is 17.6 Å². The van der Waals surface area contributed by atoms with Crippen LogP contribution in [0.2, 0.25) is 0 Å². The molecule has 0 spiro atoms. The van der Waals surface area contributed by atoms with Crippen molar-refractivity contribution in [2.45, 2.75) is 25.8 Å². The van der Waals surface area contributed by atoms with Crippen molar-refractivity contribution in [2.24, 2.45) is 0 Å². The van der Waals surface area contributed by atoms with Gasteiger partial charge in [0.2, 0.25) is 5.91 Å². The fourth-order valence-corrected chi connectivity index (χ4v) is 4.83. The standard InChI is InChI=1S/C31H28FN3O3/c1-19-13-24(38-2)9-10-25(19)26-7-4-12-33-31(26)29(15-20-5-3-6-22(32)14-20)35-30(37)16-21-18-34-28-11-8-23(36)17-27(21)28/h3-14,17-18,29,34,36H,15-16H2,1-2H3,(H,35,37). The molecule has 1 atom stereocenters. The Hall–Kier alpha value is -4.65. The number of H-pyrrole nitrogens is 1. The molecular formula is C31H28FN3O3. The van der Waals surface area contributed by atoms with Crippen LogP contribution in [0.1, 0.15) is 28.4 Å². The Morgan fingerprint density at radius 3 is 2.74 bits per heavy atom. The summed E-state index contributed by atoms with van der Waals surface area (Å²) < 4.78 is 19.4. The molecule has 0 aliphatic rings. The van der Waals surface area contributed by atoms with E-state index in [1.54, 1.807) is 43.8 Å². The fourth-order valence-electron chi connectivity index (χ4n) is 4.83. The molecule has 2 aromatic heterocycles. The van der Waals surface area contributed by atoms with Gasteiger partial charge in [0.1, 0.15) is 17.3 Å². The molecule has 6 nitrogen and oxygen atoms in total. The lowest BCUT2D eigenvalue weighted by Gasteiger charge is -2.22. The van der Waals surface area contributed by atoms with Gasteiger partial charge < -0.3 is 20.1 Å². The Morgan fingerprint density at radius 1 is 1.08 bits per heavy atom. The van der Waals surface area contributed by atoms with Gasteiger partial charge in [0.05, 0.1) is 25.3 Å². The topological polar surface area (TPSA) is 87.2 Å². The van der Waals surface area contributed by atoms with Gasteiger partial charge in [-0.05, 0) is 84.1 Å². The molecule has 0 radical (unpaired) electrons. The van der Waals surface area contributed by atoms with Gasteiger partial charge in [-0.25, -0.2) is 4.39 Å². The van der Waals surface area contributed by atoms with Gasteiger partial charge in [-0.2, -0.15) is 0 Å². The van der Waals surface area contributed by atoms with E-state index in [1.807, 2.05) is 43.3 Å². The maximum atomic E-state index is 14.0. The number of phenolic OH excluding ortho intramolecular Hbond substituents is 1. The van der Waals surface area contributed by atoms with Crippen molar-refractivity contribution in [3.63, 3.8) is 0 Å². The number of hydrogen-bond donors (Lipinski definition) is 3. The quantitative estimate of drug-likeness (QED) is 0.238. The second-order valence-corrected chi connectivity index (χ2v) is 9.29. The summed E-state index contributed by atoms with van der Waals surface area (Å²) in [6.07, 6.45) is 3.94. The average Bonchev–Trinajstić information content (AvgIpc) is 3.29. The number of rotatable bonds is 8. The number of carbonyl (C=O) groups is 1. The van der Waals surface area contributed by atoms with Crippen LogP contribution in [0.15, 0.2) is 85.2 Å². The summed E-state index contributed by atoms with van der Waals surface area (Å²) in [6, 6.07) is 20.5. The van der Waals surface area contributed by atoms with Gasteiger partial charge in [-0.15, -0.1) is 0 Å². The molecule has 0 saturated heterocycles. The number of aromatic amines is 1. The number of methoxy groups -OCH3 is 1. The molecular weight excluding hydrogens is 481 g/mol. The number of phenols is 1. The van der Waals surface area contributed by atoms with Crippen molar-refractivity contribution in [2.75, 3.05) is 7.11 Å². The number of carbonyl (C=O) groups excluding carboxylic acids is 1. The maximum Gasteiger partial charge on any atom is 0.225 e. The molecule has 3 aromatic carbocycles. The molecule has 1 unspecified atom stereocenters. The number of fused-ring (bicyclic) bond motifs is 1. The van der Waals surface area contributed by atoms with Gasteiger partial charge in [0, 0.05) is 28.9 Å². The van der Waals surface area contributed by atoms with Crippen LogP contribution in [0, 0.1) is 12.7 Å². The zero-order valence-corrected chi connectivity index (χ0v) is 21.2. The van der Waals surface area contributed by atoms with E-state index in [2.05, 4.69) is 10.3 Å². The van der Waals surface area contributed by atoms with Crippen LogP contribution < -0.4 is 10.1 Å². The van der Waals surface area contributed by atoms with Gasteiger partial charge in [0.25, 0.3) is 0 Å². The first-order valence-corrected chi connectivity index (χ1v) is 12.3. The van der Waals surface area contributed by atoms with E-state index in [0.29, 0.717) is 12.1 Å². The zero-order valence-electron chi connectivity index (χ0n) is 21.2. The lowest BCUT2D eigenvalue weighted by Crippen LogP contribution is -2.32. The number of pyridine rings is 1.